The summed E-state index contributed by atoms with van der Waals surface area (Å²) in [6.07, 6.45) is 5.40. The maximum atomic E-state index is 13.3. The molecular weight excluding hydrogens is 564 g/mol. The van der Waals surface area contributed by atoms with Gasteiger partial charge in [0.05, 0.1) is 10.9 Å². The van der Waals surface area contributed by atoms with Gasteiger partial charge in [-0.1, -0.05) is 11.6 Å². The molecule has 2 aromatic heterocycles. The number of nitrogens with one attached hydrogen (secondary N) is 1. The van der Waals surface area contributed by atoms with E-state index in [1.165, 1.54) is 29.1 Å². The molecule has 208 valence electrons. The molecule has 4 atom stereocenters. The smallest absolute Gasteiger partial charge is 0.250 e. The van der Waals surface area contributed by atoms with Gasteiger partial charge in [0.1, 0.15) is 10.3 Å². The number of nitrogens with zero attached hydrogens (tertiary/aromatic N) is 3. The molecule has 5 heterocycles. The lowest BCUT2D eigenvalue weighted by molar-refractivity contribution is -0.143. The monoisotopic (exact) mass is 598 g/mol. The van der Waals surface area contributed by atoms with Gasteiger partial charge in [0, 0.05) is 47.5 Å². The highest BCUT2D eigenvalue weighted by molar-refractivity contribution is 7.91. The predicted octanol–water partition coefficient (Wildman–Crippen LogP) is 4.26. The van der Waals surface area contributed by atoms with Crippen LogP contribution >= 0.6 is 34.3 Å². The van der Waals surface area contributed by atoms with Crippen LogP contribution in [0.5, 0.6) is 0 Å². The standard InChI is InChI=1S/C26H35ClN4O4S3/c1-17-7-8-18(2)31(17)15-19-5-3-14-30(19)24(32)16-29-13-4-6-20(26(29)33)28-38(34,35)25-12-10-22(37-25)21-9-11-23(27)36-21/h9-12,17-20,28H,3-8,13-16H2,1-2H3/t17?,18?,19-,20-/m0/s1. The minimum atomic E-state index is -3.88. The molecule has 2 aromatic rings. The fraction of sp³-hybridized carbons (Fsp3) is 0.615. The van der Waals surface area contributed by atoms with Crippen molar-refractivity contribution >= 4 is 56.1 Å². The highest BCUT2D eigenvalue weighted by Crippen LogP contribution is 2.37. The Bertz CT molecular complexity index is 1270. The molecule has 38 heavy (non-hydrogen) atoms. The highest BCUT2D eigenvalue weighted by atomic mass is 35.5. The van der Waals surface area contributed by atoms with Crippen molar-refractivity contribution < 1.29 is 18.0 Å². The first-order valence-electron chi connectivity index (χ1n) is 13.3. The number of carbonyl (C=O) groups excluding carboxylic acids is 2. The van der Waals surface area contributed by atoms with E-state index >= 15 is 0 Å². The van der Waals surface area contributed by atoms with Crippen LogP contribution in [0.4, 0.5) is 0 Å². The molecule has 0 bridgehead atoms. The fourth-order valence-electron chi connectivity index (χ4n) is 5.96. The Labute approximate surface area is 238 Å². The molecule has 1 N–H and O–H groups in total. The minimum absolute atomic E-state index is 0.000948. The normalized spacial score (nSPS) is 27.0. The lowest BCUT2D eigenvalue weighted by atomic mass is 10.1. The van der Waals surface area contributed by atoms with E-state index in [9.17, 15) is 18.0 Å². The molecule has 2 unspecified atom stereocenters. The van der Waals surface area contributed by atoms with Gasteiger partial charge < -0.3 is 9.80 Å². The Morgan fingerprint density at radius 1 is 1.00 bits per heavy atom. The number of hydrogen-bond donors (Lipinski definition) is 1. The van der Waals surface area contributed by atoms with E-state index in [1.54, 1.807) is 18.2 Å². The third-order valence-electron chi connectivity index (χ3n) is 8.07. The third kappa shape index (κ3) is 5.97. The average Bonchev–Trinajstić information content (AvgIpc) is 3.67. The molecule has 0 radical (unpaired) electrons. The number of thiophene rings is 2. The SMILES string of the molecule is CC1CCC(C)N1C[C@@H]1CCCN1C(=O)CN1CCC[C@H](NS(=O)(=O)c2ccc(-c3ccc(Cl)s3)s2)C1=O. The van der Waals surface area contributed by atoms with E-state index in [1.807, 2.05) is 11.0 Å². The first-order valence-corrected chi connectivity index (χ1v) is 16.8. The van der Waals surface area contributed by atoms with Crippen LogP contribution in [0.15, 0.2) is 28.5 Å². The van der Waals surface area contributed by atoms with Crippen LogP contribution in [0.2, 0.25) is 4.34 Å². The summed E-state index contributed by atoms with van der Waals surface area (Å²) in [5, 5.41) is 0. The molecule has 3 fully saturated rings. The van der Waals surface area contributed by atoms with Crippen LogP contribution < -0.4 is 4.72 Å². The fourth-order valence-corrected chi connectivity index (χ4v) is 9.64. The number of halogens is 1. The molecule has 0 saturated carbocycles. The van der Waals surface area contributed by atoms with Crippen molar-refractivity contribution in [3.8, 4) is 9.75 Å². The second-order valence-corrected chi connectivity index (χ2v) is 15.4. The predicted molar refractivity (Wildman–Crippen MR) is 152 cm³/mol. The Kier molecular flexibility index (Phi) is 8.52. The van der Waals surface area contributed by atoms with Gasteiger partial charge in [-0.3, -0.25) is 14.5 Å². The Morgan fingerprint density at radius 2 is 1.68 bits per heavy atom. The number of amides is 2. The second kappa shape index (κ2) is 11.5. The molecule has 8 nitrogen and oxygen atoms in total. The van der Waals surface area contributed by atoms with Crippen molar-refractivity contribution in [3.05, 3.63) is 28.6 Å². The summed E-state index contributed by atoms with van der Waals surface area (Å²) in [5.41, 5.74) is 0. The first-order chi connectivity index (χ1) is 18.1. The Balaban J connectivity index is 1.20. The molecule has 5 rings (SSSR count). The zero-order chi connectivity index (χ0) is 27.0. The van der Waals surface area contributed by atoms with Crippen LogP contribution in [0.25, 0.3) is 9.75 Å². The summed E-state index contributed by atoms with van der Waals surface area (Å²) >= 11 is 8.56. The molecule has 0 aliphatic carbocycles. The van der Waals surface area contributed by atoms with E-state index in [0.717, 1.165) is 40.5 Å². The van der Waals surface area contributed by atoms with E-state index in [2.05, 4.69) is 23.5 Å². The van der Waals surface area contributed by atoms with Crippen LogP contribution in [0, 0.1) is 0 Å². The minimum Gasteiger partial charge on any atom is -0.337 e. The van der Waals surface area contributed by atoms with E-state index in [0.29, 0.717) is 42.4 Å². The van der Waals surface area contributed by atoms with E-state index in [-0.39, 0.29) is 28.6 Å². The molecule has 3 saturated heterocycles. The van der Waals surface area contributed by atoms with Gasteiger partial charge in [-0.15, -0.1) is 22.7 Å². The highest BCUT2D eigenvalue weighted by Gasteiger charge is 2.38. The molecular formula is C26H35ClN4O4S3. The third-order valence-corrected chi connectivity index (χ3v) is 12.5. The summed E-state index contributed by atoms with van der Waals surface area (Å²) in [6, 6.07) is 7.31. The number of carbonyl (C=O) groups is 2. The van der Waals surface area contributed by atoms with Gasteiger partial charge in [0.25, 0.3) is 10.0 Å². The maximum absolute atomic E-state index is 13.3. The van der Waals surface area contributed by atoms with Crippen LogP contribution in [-0.4, -0.2) is 85.3 Å². The topological polar surface area (TPSA) is 90.0 Å². The first kappa shape index (κ1) is 28.0. The molecule has 3 aliphatic rings. The number of hydrogen-bond acceptors (Lipinski definition) is 7. The van der Waals surface area contributed by atoms with Crippen molar-refractivity contribution in [1.29, 1.82) is 0 Å². The second-order valence-electron chi connectivity index (χ2n) is 10.7. The largest absolute Gasteiger partial charge is 0.337 e. The van der Waals surface area contributed by atoms with Gasteiger partial charge in [-0.25, -0.2) is 8.42 Å². The van der Waals surface area contributed by atoms with Crippen molar-refractivity contribution in [1.82, 2.24) is 19.4 Å². The van der Waals surface area contributed by atoms with Crippen LogP contribution in [-0.2, 0) is 19.6 Å². The summed E-state index contributed by atoms with van der Waals surface area (Å²) in [4.78, 5) is 34.3. The summed E-state index contributed by atoms with van der Waals surface area (Å²) in [5.74, 6) is -0.367. The lowest BCUT2D eigenvalue weighted by Gasteiger charge is -2.36. The van der Waals surface area contributed by atoms with Gasteiger partial charge in [0.15, 0.2) is 0 Å². The van der Waals surface area contributed by atoms with Crippen LogP contribution in [0.1, 0.15) is 52.4 Å². The summed E-state index contributed by atoms with van der Waals surface area (Å²) in [6.45, 7) is 6.57. The maximum Gasteiger partial charge on any atom is 0.250 e. The molecule has 2 amide bonds. The van der Waals surface area contributed by atoms with Crippen molar-refractivity contribution in [2.45, 2.75) is 80.7 Å². The van der Waals surface area contributed by atoms with Gasteiger partial charge in [-0.05, 0) is 76.6 Å². The van der Waals surface area contributed by atoms with E-state index < -0.39 is 16.1 Å². The molecule has 12 heteroatoms. The Hall–Kier alpha value is -1.50. The molecule has 0 aromatic carbocycles. The van der Waals surface area contributed by atoms with Crippen molar-refractivity contribution in [2.24, 2.45) is 0 Å². The number of likely N-dealkylation sites (tertiary alicyclic amines) is 3. The molecule has 0 spiro atoms. The van der Waals surface area contributed by atoms with Gasteiger partial charge in [-0.2, -0.15) is 4.72 Å². The molecule has 3 aliphatic heterocycles. The number of piperidine rings is 1. The zero-order valence-electron chi connectivity index (χ0n) is 21.8. The van der Waals surface area contributed by atoms with Crippen LogP contribution in [0.3, 0.4) is 0 Å². The lowest BCUT2D eigenvalue weighted by Crippen LogP contribution is -2.55. The zero-order valence-corrected chi connectivity index (χ0v) is 25.0. The Morgan fingerprint density at radius 3 is 2.39 bits per heavy atom. The summed E-state index contributed by atoms with van der Waals surface area (Å²) < 4.78 is 29.6. The van der Waals surface area contributed by atoms with Crippen molar-refractivity contribution in [2.75, 3.05) is 26.2 Å². The number of rotatable bonds is 8. The quantitative estimate of drug-likeness (QED) is 0.490. The average molecular weight is 599 g/mol. The van der Waals surface area contributed by atoms with Gasteiger partial charge in [0.2, 0.25) is 11.8 Å². The van der Waals surface area contributed by atoms with Crippen molar-refractivity contribution in [3.63, 3.8) is 0 Å². The summed E-state index contributed by atoms with van der Waals surface area (Å²) in [7, 11) is -3.88. The van der Waals surface area contributed by atoms with E-state index in [4.69, 9.17) is 11.6 Å². The number of sulfonamides is 1. The van der Waals surface area contributed by atoms with Gasteiger partial charge >= 0.3 is 0 Å².